The van der Waals surface area contributed by atoms with Crippen LogP contribution in [0.2, 0.25) is 0 Å². The summed E-state index contributed by atoms with van der Waals surface area (Å²) < 4.78 is 15.2. The molecule has 4 aromatic rings. The van der Waals surface area contributed by atoms with E-state index in [2.05, 4.69) is 4.98 Å². The van der Waals surface area contributed by atoms with E-state index in [1.807, 2.05) is 42.5 Å². The van der Waals surface area contributed by atoms with Gasteiger partial charge in [-0.2, -0.15) is 0 Å². The lowest BCUT2D eigenvalue weighted by molar-refractivity contribution is 0.0492. The number of ether oxygens (including phenoxy) is 2. The lowest BCUT2D eigenvalue weighted by Crippen LogP contribution is -2.39. The van der Waals surface area contributed by atoms with Crippen molar-refractivity contribution in [1.29, 1.82) is 0 Å². The maximum atomic E-state index is 12.7. The van der Waals surface area contributed by atoms with Gasteiger partial charge in [0.2, 0.25) is 0 Å². The van der Waals surface area contributed by atoms with E-state index in [1.165, 1.54) is 10.9 Å². The highest BCUT2D eigenvalue weighted by Gasteiger charge is 2.16. The minimum atomic E-state index is -0.482. The topological polar surface area (TPSA) is 97.4 Å². The van der Waals surface area contributed by atoms with Crippen molar-refractivity contribution in [2.24, 2.45) is 14.1 Å². The van der Waals surface area contributed by atoms with Crippen LogP contribution >= 0.6 is 0 Å². The van der Waals surface area contributed by atoms with Crippen LogP contribution < -0.4 is 16.0 Å². The largest absolute Gasteiger partial charge is 0.489 e. The molecule has 0 bridgehead atoms. The van der Waals surface area contributed by atoms with Gasteiger partial charge in [0.05, 0.1) is 18.5 Å². The van der Waals surface area contributed by atoms with Crippen molar-refractivity contribution in [2.75, 3.05) is 6.61 Å². The number of carbonyl (C=O) groups is 1. The van der Waals surface area contributed by atoms with Crippen molar-refractivity contribution in [3.63, 3.8) is 0 Å². The average molecular weight is 448 g/mol. The zero-order valence-electron chi connectivity index (χ0n) is 18.4. The fourth-order valence-electron chi connectivity index (χ4n) is 3.58. The number of hydrogen-bond acceptors (Lipinski definition) is 6. The molecular formula is C24H24N4O5. The second-order valence-corrected chi connectivity index (χ2v) is 7.57. The van der Waals surface area contributed by atoms with Crippen molar-refractivity contribution >= 4 is 17.1 Å². The zero-order chi connectivity index (χ0) is 23.4. The van der Waals surface area contributed by atoms with Crippen LogP contribution in [0.3, 0.4) is 0 Å². The third-order valence-corrected chi connectivity index (χ3v) is 5.34. The Kier molecular flexibility index (Phi) is 6.39. The van der Waals surface area contributed by atoms with E-state index >= 15 is 0 Å². The lowest BCUT2D eigenvalue weighted by Gasteiger charge is -2.12. The van der Waals surface area contributed by atoms with Crippen molar-refractivity contribution in [2.45, 2.75) is 19.6 Å². The fraction of sp³-hybridized carbons (Fsp3) is 0.250. The molecule has 0 N–H and O–H groups in total. The third kappa shape index (κ3) is 4.57. The van der Waals surface area contributed by atoms with Gasteiger partial charge in [-0.1, -0.05) is 36.4 Å². The van der Waals surface area contributed by atoms with E-state index in [1.54, 1.807) is 30.8 Å². The van der Waals surface area contributed by atoms with Gasteiger partial charge in [0.25, 0.3) is 5.56 Å². The molecule has 33 heavy (non-hydrogen) atoms. The summed E-state index contributed by atoms with van der Waals surface area (Å²) in [5, 5.41) is 0. The number of hydrogen-bond donors (Lipinski definition) is 0. The minimum Gasteiger partial charge on any atom is -0.489 e. The first-order valence-corrected chi connectivity index (χ1v) is 10.5. The monoisotopic (exact) mass is 448 g/mol. The summed E-state index contributed by atoms with van der Waals surface area (Å²) in [7, 11) is 3.27. The maximum Gasteiger partial charge on any atom is 0.338 e. The first kappa shape index (κ1) is 22.1. The van der Waals surface area contributed by atoms with Crippen LogP contribution in [-0.4, -0.2) is 31.3 Å². The van der Waals surface area contributed by atoms with Gasteiger partial charge in [0, 0.05) is 26.2 Å². The molecule has 0 aliphatic carbocycles. The minimum absolute atomic E-state index is 0.0612. The molecule has 0 unspecified atom stereocenters. The van der Waals surface area contributed by atoms with Gasteiger partial charge in [-0.3, -0.25) is 13.9 Å². The molecule has 0 aliphatic heterocycles. The van der Waals surface area contributed by atoms with Crippen molar-refractivity contribution in [3.05, 3.63) is 92.9 Å². The number of nitrogens with zero attached hydrogens (tertiary/aromatic N) is 4. The second-order valence-electron chi connectivity index (χ2n) is 7.57. The molecule has 9 nitrogen and oxygen atoms in total. The highest BCUT2D eigenvalue weighted by Crippen LogP contribution is 2.15. The highest BCUT2D eigenvalue weighted by molar-refractivity contribution is 5.91. The lowest BCUT2D eigenvalue weighted by atomic mass is 10.1. The third-order valence-electron chi connectivity index (χ3n) is 5.34. The first-order valence-electron chi connectivity index (χ1n) is 10.5. The molecule has 0 saturated heterocycles. The summed E-state index contributed by atoms with van der Waals surface area (Å²) >= 11 is 0. The number of esters is 1. The molecular weight excluding hydrogens is 424 g/mol. The molecule has 0 saturated carbocycles. The molecule has 4 rings (SSSR count). The Morgan fingerprint density at radius 3 is 2.52 bits per heavy atom. The Labute approximate surface area is 189 Å². The van der Waals surface area contributed by atoms with E-state index < -0.39 is 17.2 Å². The molecule has 2 aromatic heterocycles. The van der Waals surface area contributed by atoms with Crippen LogP contribution in [0.1, 0.15) is 22.3 Å². The molecule has 170 valence electrons. The molecule has 0 aliphatic rings. The van der Waals surface area contributed by atoms with E-state index in [0.717, 1.165) is 4.57 Å². The van der Waals surface area contributed by atoms with Gasteiger partial charge >= 0.3 is 11.7 Å². The molecule has 0 radical (unpaired) electrons. The van der Waals surface area contributed by atoms with Crippen LogP contribution in [-0.2, 0) is 32.0 Å². The zero-order valence-corrected chi connectivity index (χ0v) is 18.4. The molecule has 2 heterocycles. The summed E-state index contributed by atoms with van der Waals surface area (Å²) in [5.74, 6) is 0.225. The van der Waals surface area contributed by atoms with Gasteiger partial charge in [-0.15, -0.1) is 0 Å². The Hall–Kier alpha value is -4.14. The number of aryl methyl sites for hydroxylation is 2. The predicted molar refractivity (Wildman–Crippen MR) is 122 cm³/mol. The summed E-state index contributed by atoms with van der Waals surface area (Å²) in [6.45, 7) is 0.413. The number of benzene rings is 2. The van der Waals surface area contributed by atoms with Crippen LogP contribution in [0.25, 0.3) is 11.2 Å². The van der Waals surface area contributed by atoms with Gasteiger partial charge in [0.15, 0.2) is 11.2 Å². The number of fused-ring (bicyclic) bond motifs is 1. The normalized spacial score (nSPS) is 11.0. The number of rotatable bonds is 8. The Morgan fingerprint density at radius 1 is 1.00 bits per heavy atom. The van der Waals surface area contributed by atoms with Crippen molar-refractivity contribution in [1.82, 2.24) is 18.7 Å². The number of para-hydroxylation sites is 1. The maximum absolute atomic E-state index is 12.7. The Morgan fingerprint density at radius 2 is 1.73 bits per heavy atom. The van der Waals surface area contributed by atoms with Crippen LogP contribution in [0.4, 0.5) is 0 Å². The predicted octanol–water partition coefficient (Wildman–Crippen LogP) is 2.26. The molecule has 0 spiro atoms. The van der Waals surface area contributed by atoms with E-state index in [0.29, 0.717) is 34.5 Å². The average Bonchev–Trinajstić information content (AvgIpc) is 3.23. The summed E-state index contributed by atoms with van der Waals surface area (Å²) in [4.78, 5) is 42.0. The number of carbonyl (C=O) groups excluding carboxylic acids is 1. The summed E-state index contributed by atoms with van der Waals surface area (Å²) in [6.07, 6.45) is 1.81. The van der Waals surface area contributed by atoms with Crippen LogP contribution in [0.15, 0.2) is 70.5 Å². The van der Waals surface area contributed by atoms with Gasteiger partial charge in [-0.25, -0.2) is 14.6 Å². The number of imidazole rings is 1. The molecule has 0 atom stereocenters. The number of aromatic nitrogens is 4. The van der Waals surface area contributed by atoms with Crippen LogP contribution in [0.5, 0.6) is 5.75 Å². The van der Waals surface area contributed by atoms with Crippen molar-refractivity contribution in [3.8, 4) is 5.75 Å². The fourth-order valence-corrected chi connectivity index (χ4v) is 3.58. The molecule has 2 aromatic carbocycles. The van der Waals surface area contributed by atoms with Gasteiger partial charge < -0.3 is 14.0 Å². The molecule has 9 heteroatoms. The smallest absolute Gasteiger partial charge is 0.338 e. The first-order chi connectivity index (χ1) is 16.0. The second kappa shape index (κ2) is 9.56. The quantitative estimate of drug-likeness (QED) is 0.303. The van der Waals surface area contributed by atoms with E-state index in [9.17, 15) is 14.4 Å². The van der Waals surface area contributed by atoms with E-state index in [-0.39, 0.29) is 19.8 Å². The van der Waals surface area contributed by atoms with E-state index in [4.69, 9.17) is 9.47 Å². The highest BCUT2D eigenvalue weighted by atomic mass is 16.5. The van der Waals surface area contributed by atoms with Crippen molar-refractivity contribution < 1.29 is 14.3 Å². The van der Waals surface area contributed by atoms with Gasteiger partial charge in [0.1, 0.15) is 12.4 Å². The Balaban J connectivity index is 1.39. The standard InChI is InChI=1S/C24H24N4O5/c1-26-16-25-21-20(26)22(29)28(24(31)27(21)2)13-8-14-32-23(30)19-12-7-6-9-17(19)15-33-18-10-4-3-5-11-18/h3-7,9-12,16H,8,13-15H2,1-2H3. The Bertz CT molecular complexity index is 1400. The molecule has 0 amide bonds. The molecule has 0 fully saturated rings. The summed E-state index contributed by atoms with van der Waals surface area (Å²) in [5.41, 5.74) is 0.936. The summed E-state index contributed by atoms with van der Waals surface area (Å²) in [6, 6.07) is 16.4. The van der Waals surface area contributed by atoms with Crippen LogP contribution in [0, 0.1) is 0 Å². The SMILES string of the molecule is Cn1cnc2c1c(=O)n(CCCOC(=O)c1ccccc1COc1ccccc1)c(=O)n2C. The van der Waals surface area contributed by atoms with Gasteiger partial charge in [-0.05, 0) is 24.6 Å².